The number of nitrogens with zero attached hydrogens (tertiary/aromatic N) is 2. The van der Waals surface area contributed by atoms with Crippen molar-refractivity contribution in [3.63, 3.8) is 0 Å². The van der Waals surface area contributed by atoms with Crippen LogP contribution in [-0.2, 0) is 17.8 Å². The summed E-state index contributed by atoms with van der Waals surface area (Å²) in [6.45, 7) is 0.430. The Morgan fingerprint density at radius 2 is 1.88 bits per heavy atom. The zero-order valence-corrected chi connectivity index (χ0v) is 14.1. The van der Waals surface area contributed by atoms with Gasteiger partial charge in [0.15, 0.2) is 0 Å². The summed E-state index contributed by atoms with van der Waals surface area (Å²) in [5.74, 6) is -0.0178. The fourth-order valence-electron chi connectivity index (χ4n) is 3.05. The summed E-state index contributed by atoms with van der Waals surface area (Å²) in [7, 11) is 0. The third kappa shape index (κ3) is 3.32. The minimum absolute atomic E-state index is 0.0178. The van der Waals surface area contributed by atoms with E-state index in [1.807, 2.05) is 54.7 Å². The fourth-order valence-corrected chi connectivity index (χ4v) is 3.05. The first kappa shape index (κ1) is 16.0. The van der Waals surface area contributed by atoms with Crippen molar-refractivity contribution in [2.24, 2.45) is 0 Å². The summed E-state index contributed by atoms with van der Waals surface area (Å²) < 4.78 is 0. The number of aromatic nitrogens is 3. The van der Waals surface area contributed by atoms with E-state index in [1.54, 1.807) is 18.6 Å². The Morgan fingerprint density at radius 3 is 2.77 bits per heavy atom. The van der Waals surface area contributed by atoms with Crippen LogP contribution in [0, 0.1) is 0 Å². The number of aromatic amines is 1. The van der Waals surface area contributed by atoms with Crippen molar-refractivity contribution >= 4 is 16.8 Å². The van der Waals surface area contributed by atoms with Gasteiger partial charge in [0.05, 0.1) is 12.1 Å². The lowest BCUT2D eigenvalue weighted by atomic mass is 10.1. The van der Waals surface area contributed by atoms with E-state index in [9.17, 15) is 4.79 Å². The van der Waals surface area contributed by atoms with Crippen LogP contribution in [0.3, 0.4) is 0 Å². The van der Waals surface area contributed by atoms with Gasteiger partial charge in [-0.15, -0.1) is 0 Å². The molecule has 0 aliphatic carbocycles. The minimum Gasteiger partial charge on any atom is -0.361 e. The highest BCUT2D eigenvalue weighted by atomic mass is 16.1. The molecule has 0 saturated heterocycles. The third-order valence-corrected chi connectivity index (χ3v) is 4.33. The predicted molar refractivity (Wildman–Crippen MR) is 101 cm³/mol. The van der Waals surface area contributed by atoms with Crippen molar-refractivity contribution in [1.29, 1.82) is 0 Å². The number of para-hydroxylation sites is 1. The van der Waals surface area contributed by atoms with Crippen LogP contribution in [0.4, 0.5) is 0 Å². The molecule has 3 aromatic heterocycles. The molecule has 0 fully saturated rings. The molecule has 0 aliphatic rings. The number of hydrogen-bond donors (Lipinski definition) is 2. The number of carbonyl (C=O) groups excluding carboxylic acids is 1. The maximum absolute atomic E-state index is 12.4. The zero-order valence-electron chi connectivity index (χ0n) is 14.1. The van der Waals surface area contributed by atoms with Crippen LogP contribution in [0.25, 0.3) is 22.2 Å². The molecule has 0 aliphatic heterocycles. The summed E-state index contributed by atoms with van der Waals surface area (Å²) in [5, 5.41) is 4.08. The van der Waals surface area contributed by atoms with Crippen molar-refractivity contribution in [2.45, 2.75) is 13.0 Å². The maximum atomic E-state index is 12.4. The van der Waals surface area contributed by atoms with Crippen LogP contribution in [0.2, 0.25) is 0 Å². The summed E-state index contributed by atoms with van der Waals surface area (Å²) >= 11 is 0. The molecule has 0 saturated carbocycles. The van der Waals surface area contributed by atoms with Gasteiger partial charge >= 0.3 is 0 Å². The van der Waals surface area contributed by atoms with Gasteiger partial charge < -0.3 is 10.3 Å². The van der Waals surface area contributed by atoms with Gasteiger partial charge in [-0.2, -0.15) is 0 Å². The highest BCUT2D eigenvalue weighted by Crippen LogP contribution is 2.20. The molecule has 128 valence electrons. The Labute approximate surface area is 151 Å². The van der Waals surface area contributed by atoms with Crippen molar-refractivity contribution in [3.8, 4) is 11.3 Å². The molecule has 26 heavy (non-hydrogen) atoms. The summed E-state index contributed by atoms with van der Waals surface area (Å²) in [4.78, 5) is 24.2. The number of amides is 1. The first-order chi connectivity index (χ1) is 12.8. The summed E-state index contributed by atoms with van der Waals surface area (Å²) in [6, 6.07) is 15.7. The number of rotatable bonds is 5. The monoisotopic (exact) mass is 342 g/mol. The first-order valence-electron chi connectivity index (χ1n) is 8.47. The first-order valence-corrected chi connectivity index (χ1v) is 8.47. The second-order valence-corrected chi connectivity index (χ2v) is 6.07. The van der Waals surface area contributed by atoms with Crippen LogP contribution in [0.15, 0.2) is 73.3 Å². The second kappa shape index (κ2) is 7.19. The lowest BCUT2D eigenvalue weighted by Crippen LogP contribution is -2.24. The van der Waals surface area contributed by atoms with E-state index in [0.717, 1.165) is 33.3 Å². The van der Waals surface area contributed by atoms with Crippen LogP contribution < -0.4 is 5.32 Å². The number of H-pyrrole nitrogens is 1. The minimum atomic E-state index is -0.0178. The van der Waals surface area contributed by atoms with E-state index in [0.29, 0.717) is 13.0 Å². The molecule has 0 atom stereocenters. The van der Waals surface area contributed by atoms with E-state index in [2.05, 4.69) is 20.3 Å². The van der Waals surface area contributed by atoms with Crippen molar-refractivity contribution in [2.75, 3.05) is 0 Å². The fraction of sp³-hybridized carbons (Fsp3) is 0.0952. The molecule has 0 unspecified atom stereocenters. The zero-order chi connectivity index (χ0) is 17.8. The molecule has 0 radical (unpaired) electrons. The Morgan fingerprint density at radius 1 is 1.00 bits per heavy atom. The van der Waals surface area contributed by atoms with Gasteiger partial charge in [-0.1, -0.05) is 24.3 Å². The predicted octanol–water partition coefficient (Wildman–Crippen LogP) is 3.48. The Hall–Kier alpha value is -3.47. The van der Waals surface area contributed by atoms with E-state index >= 15 is 0 Å². The van der Waals surface area contributed by atoms with Gasteiger partial charge in [0.25, 0.3) is 0 Å². The van der Waals surface area contributed by atoms with Crippen molar-refractivity contribution in [1.82, 2.24) is 20.3 Å². The quantitative estimate of drug-likeness (QED) is 0.583. The Kier molecular flexibility index (Phi) is 4.43. The number of fused-ring (bicyclic) bond motifs is 1. The van der Waals surface area contributed by atoms with E-state index in [-0.39, 0.29) is 5.91 Å². The smallest absolute Gasteiger partial charge is 0.224 e. The van der Waals surface area contributed by atoms with Gasteiger partial charge in [0.1, 0.15) is 0 Å². The van der Waals surface area contributed by atoms with Crippen molar-refractivity contribution < 1.29 is 4.79 Å². The number of hydrogen-bond acceptors (Lipinski definition) is 3. The molecule has 2 N–H and O–H groups in total. The molecule has 0 bridgehead atoms. The third-order valence-electron chi connectivity index (χ3n) is 4.33. The van der Waals surface area contributed by atoms with Gasteiger partial charge in [-0.05, 0) is 35.4 Å². The molecule has 0 spiro atoms. The molecule has 5 heteroatoms. The molecular formula is C21H18N4O. The highest BCUT2D eigenvalue weighted by Gasteiger charge is 2.11. The van der Waals surface area contributed by atoms with Gasteiger partial charge in [-0.25, -0.2) is 0 Å². The van der Waals surface area contributed by atoms with E-state index in [4.69, 9.17) is 0 Å². The molecule has 1 amide bonds. The standard InChI is InChI=1S/C21H18N4O/c26-20(11-17-14-24-19-8-2-1-7-18(17)19)25-13-16-6-4-10-23-21(16)15-5-3-9-22-12-15/h1-10,12,14,24H,11,13H2,(H,25,26). The van der Waals surface area contributed by atoms with Crippen LogP contribution in [0.5, 0.6) is 0 Å². The molecule has 4 rings (SSSR count). The van der Waals surface area contributed by atoms with Crippen LogP contribution >= 0.6 is 0 Å². The molecule has 5 nitrogen and oxygen atoms in total. The second-order valence-electron chi connectivity index (χ2n) is 6.07. The molecule has 4 aromatic rings. The average Bonchev–Trinajstić information content (AvgIpc) is 3.10. The average molecular weight is 342 g/mol. The lowest BCUT2D eigenvalue weighted by Gasteiger charge is -2.09. The van der Waals surface area contributed by atoms with Gasteiger partial charge in [0.2, 0.25) is 5.91 Å². The largest absolute Gasteiger partial charge is 0.361 e. The highest BCUT2D eigenvalue weighted by molar-refractivity contribution is 5.88. The SMILES string of the molecule is O=C(Cc1c[nH]c2ccccc12)NCc1cccnc1-c1cccnc1. The Balaban J connectivity index is 1.47. The molecule has 3 heterocycles. The maximum Gasteiger partial charge on any atom is 0.224 e. The van der Waals surface area contributed by atoms with E-state index < -0.39 is 0 Å². The summed E-state index contributed by atoms with van der Waals surface area (Å²) in [6.07, 6.45) is 7.50. The van der Waals surface area contributed by atoms with Crippen LogP contribution in [-0.4, -0.2) is 20.9 Å². The lowest BCUT2D eigenvalue weighted by molar-refractivity contribution is -0.120. The topological polar surface area (TPSA) is 70.7 Å². The molecule has 1 aromatic carbocycles. The van der Waals surface area contributed by atoms with Crippen LogP contribution in [0.1, 0.15) is 11.1 Å². The van der Waals surface area contributed by atoms with Gasteiger partial charge in [-0.3, -0.25) is 14.8 Å². The number of pyridine rings is 2. The normalized spacial score (nSPS) is 10.8. The number of nitrogens with one attached hydrogen (secondary N) is 2. The van der Waals surface area contributed by atoms with Crippen molar-refractivity contribution in [3.05, 3.63) is 84.4 Å². The summed E-state index contributed by atoms with van der Waals surface area (Å²) in [5.41, 5.74) is 4.79. The molecular weight excluding hydrogens is 324 g/mol. The number of carbonyl (C=O) groups is 1. The van der Waals surface area contributed by atoms with E-state index in [1.165, 1.54) is 0 Å². The number of benzene rings is 1. The van der Waals surface area contributed by atoms with Gasteiger partial charge in [0, 0.05) is 47.8 Å². The Bertz CT molecular complexity index is 1040.